The Labute approximate surface area is 235 Å². The number of hydrogen-bond acceptors (Lipinski definition) is 5. The van der Waals surface area contributed by atoms with E-state index < -0.39 is 34.3 Å². The van der Waals surface area contributed by atoms with Crippen LogP contribution in [0.25, 0.3) is 0 Å². The molecule has 0 fully saturated rings. The van der Waals surface area contributed by atoms with Gasteiger partial charge in [-0.25, -0.2) is 12.8 Å². The molecule has 3 aromatic rings. The number of rotatable bonds is 13. The van der Waals surface area contributed by atoms with Crippen LogP contribution in [0.15, 0.2) is 78.9 Å². The van der Waals surface area contributed by atoms with Crippen molar-refractivity contribution in [1.29, 1.82) is 0 Å². The number of carbonyl (C=O) groups excluding carboxylic acids is 2. The lowest BCUT2D eigenvalue weighted by Crippen LogP contribution is -2.53. The van der Waals surface area contributed by atoms with Crippen LogP contribution in [0.1, 0.15) is 38.3 Å². The predicted molar refractivity (Wildman–Crippen MR) is 154 cm³/mol. The summed E-state index contributed by atoms with van der Waals surface area (Å²) in [4.78, 5) is 28.1. The molecule has 0 saturated heterocycles. The number of halogens is 1. The zero-order valence-electron chi connectivity index (χ0n) is 23.2. The van der Waals surface area contributed by atoms with Crippen LogP contribution < -0.4 is 14.4 Å². The highest BCUT2D eigenvalue weighted by Crippen LogP contribution is 2.23. The summed E-state index contributed by atoms with van der Waals surface area (Å²) in [5.74, 6) is -0.795. The fourth-order valence-electron chi connectivity index (χ4n) is 4.15. The minimum Gasteiger partial charge on any atom is -0.489 e. The molecule has 1 atom stereocenters. The molecule has 0 aliphatic rings. The first-order valence-electron chi connectivity index (χ1n) is 13.1. The number of carbonyl (C=O) groups is 2. The van der Waals surface area contributed by atoms with Gasteiger partial charge in [-0.15, -0.1) is 0 Å². The summed E-state index contributed by atoms with van der Waals surface area (Å²) in [6.07, 6.45) is 1.32. The topological polar surface area (TPSA) is 96.0 Å². The zero-order valence-corrected chi connectivity index (χ0v) is 24.0. The van der Waals surface area contributed by atoms with Crippen molar-refractivity contribution in [2.75, 3.05) is 17.1 Å². The predicted octanol–water partition coefficient (Wildman–Crippen LogP) is 4.50. The van der Waals surface area contributed by atoms with Crippen molar-refractivity contribution in [3.05, 3.63) is 95.8 Å². The molecule has 8 nitrogen and oxygen atoms in total. The largest absolute Gasteiger partial charge is 0.489 e. The van der Waals surface area contributed by atoms with Gasteiger partial charge in [0.2, 0.25) is 21.8 Å². The van der Waals surface area contributed by atoms with Crippen LogP contribution in [-0.2, 0) is 32.8 Å². The number of amides is 2. The van der Waals surface area contributed by atoms with Crippen LogP contribution in [0, 0.1) is 5.82 Å². The highest BCUT2D eigenvalue weighted by atomic mass is 32.2. The molecule has 0 aliphatic carbocycles. The van der Waals surface area contributed by atoms with Gasteiger partial charge in [0.05, 0.1) is 11.9 Å². The summed E-state index contributed by atoms with van der Waals surface area (Å²) in [5, 5.41) is 2.83. The molecule has 0 heterocycles. The Hall–Kier alpha value is -3.92. The van der Waals surface area contributed by atoms with Crippen LogP contribution in [0.3, 0.4) is 0 Å². The number of nitrogens with one attached hydrogen (secondary N) is 1. The van der Waals surface area contributed by atoms with E-state index in [9.17, 15) is 22.4 Å². The molecule has 0 bridgehead atoms. The third kappa shape index (κ3) is 8.81. The van der Waals surface area contributed by atoms with Crippen molar-refractivity contribution in [3.8, 4) is 5.75 Å². The van der Waals surface area contributed by atoms with Crippen molar-refractivity contribution in [2.45, 2.75) is 52.4 Å². The molecule has 1 N–H and O–H groups in total. The second-order valence-electron chi connectivity index (χ2n) is 9.77. The molecule has 3 aromatic carbocycles. The van der Waals surface area contributed by atoms with Gasteiger partial charge in [-0.1, -0.05) is 49.4 Å². The minimum atomic E-state index is -3.87. The van der Waals surface area contributed by atoms with Gasteiger partial charge in [-0.05, 0) is 67.8 Å². The Kier molecular flexibility index (Phi) is 10.7. The first-order chi connectivity index (χ1) is 19.0. The van der Waals surface area contributed by atoms with Crippen LogP contribution >= 0.6 is 0 Å². The monoisotopic (exact) mass is 569 g/mol. The lowest BCUT2D eigenvalue weighted by Gasteiger charge is -2.33. The molecule has 0 spiro atoms. The van der Waals surface area contributed by atoms with E-state index in [0.717, 1.165) is 16.1 Å². The summed E-state index contributed by atoms with van der Waals surface area (Å²) in [6, 6.07) is 20.7. The number of ether oxygens (including phenoxy) is 1. The first kappa shape index (κ1) is 30.6. The smallest absolute Gasteiger partial charge is 0.244 e. The highest BCUT2D eigenvalue weighted by molar-refractivity contribution is 7.92. The molecule has 214 valence electrons. The Morgan fingerprint density at radius 3 is 2.10 bits per heavy atom. The van der Waals surface area contributed by atoms with Crippen molar-refractivity contribution in [1.82, 2.24) is 10.2 Å². The van der Waals surface area contributed by atoms with Gasteiger partial charge in [0, 0.05) is 12.6 Å². The second-order valence-corrected chi connectivity index (χ2v) is 11.7. The quantitative estimate of drug-likeness (QED) is 0.327. The van der Waals surface area contributed by atoms with Crippen molar-refractivity contribution < 1.29 is 27.1 Å². The van der Waals surface area contributed by atoms with Crippen molar-refractivity contribution in [2.24, 2.45) is 0 Å². The van der Waals surface area contributed by atoms with Crippen molar-refractivity contribution >= 4 is 27.5 Å². The van der Waals surface area contributed by atoms with Gasteiger partial charge >= 0.3 is 0 Å². The zero-order chi connectivity index (χ0) is 29.3. The SMILES string of the molecule is CC[C@@H](C(=O)NC(C)C)N(Cc1ccc(F)cc1)C(=O)CN(c1ccc(OCc2ccccc2)cc1)S(C)(=O)=O. The highest BCUT2D eigenvalue weighted by Gasteiger charge is 2.32. The first-order valence-corrected chi connectivity index (χ1v) is 14.9. The van der Waals surface area contributed by atoms with Crippen molar-refractivity contribution in [3.63, 3.8) is 0 Å². The van der Waals surface area contributed by atoms with Gasteiger partial charge in [-0.3, -0.25) is 13.9 Å². The molecule has 10 heteroatoms. The standard InChI is InChI=1S/C30H36FN3O5S/c1-5-28(30(36)32-22(2)3)33(19-23-11-13-25(31)14-12-23)29(35)20-34(40(4,37)38)26-15-17-27(18-16-26)39-21-24-9-7-6-8-10-24/h6-18,22,28H,5,19-21H2,1-4H3,(H,32,36)/t28-/m0/s1. The van der Waals surface area contributed by atoms with Gasteiger partial charge in [0.25, 0.3) is 0 Å². The number of anilines is 1. The van der Waals surface area contributed by atoms with E-state index in [4.69, 9.17) is 4.74 Å². The molecule has 0 unspecified atom stereocenters. The Morgan fingerprint density at radius 1 is 0.925 bits per heavy atom. The minimum absolute atomic E-state index is 0.00695. The van der Waals surface area contributed by atoms with Gasteiger partial charge in [0.1, 0.15) is 30.8 Å². The third-order valence-electron chi connectivity index (χ3n) is 6.14. The summed E-state index contributed by atoms with van der Waals surface area (Å²) in [7, 11) is -3.87. The van der Waals surface area contributed by atoms with Crippen LogP contribution in [0.4, 0.5) is 10.1 Å². The summed E-state index contributed by atoms with van der Waals surface area (Å²) in [6.45, 7) is 5.25. The number of sulfonamides is 1. The molecule has 0 saturated carbocycles. The maximum absolute atomic E-state index is 13.7. The van der Waals surface area contributed by atoms with E-state index in [0.29, 0.717) is 24.3 Å². The Balaban J connectivity index is 1.85. The molecule has 0 aromatic heterocycles. The molecule has 2 amide bonds. The van der Waals surface area contributed by atoms with Crippen LogP contribution in [0.2, 0.25) is 0 Å². The molecular weight excluding hydrogens is 533 g/mol. The van der Waals surface area contributed by atoms with E-state index >= 15 is 0 Å². The molecule has 40 heavy (non-hydrogen) atoms. The van der Waals surface area contributed by atoms with Gasteiger partial charge in [-0.2, -0.15) is 0 Å². The number of nitrogens with zero attached hydrogens (tertiary/aromatic N) is 2. The molecule has 0 aliphatic heterocycles. The fourth-order valence-corrected chi connectivity index (χ4v) is 5.00. The lowest BCUT2D eigenvalue weighted by atomic mass is 10.1. The van der Waals surface area contributed by atoms with E-state index in [1.54, 1.807) is 31.2 Å². The maximum Gasteiger partial charge on any atom is 0.244 e. The maximum atomic E-state index is 13.7. The summed E-state index contributed by atoms with van der Waals surface area (Å²) < 4.78 is 45.9. The summed E-state index contributed by atoms with van der Waals surface area (Å²) in [5.41, 5.74) is 1.88. The molecular formula is C30H36FN3O5S. The van der Waals surface area contributed by atoms with Gasteiger partial charge in [0.15, 0.2) is 0 Å². The second kappa shape index (κ2) is 13.9. The van der Waals surface area contributed by atoms with Gasteiger partial charge < -0.3 is 15.0 Å². The molecule has 0 radical (unpaired) electrons. The van der Waals surface area contributed by atoms with Crippen LogP contribution in [-0.4, -0.2) is 50.0 Å². The number of benzene rings is 3. The van der Waals surface area contributed by atoms with E-state index in [1.165, 1.54) is 29.2 Å². The Morgan fingerprint density at radius 2 is 1.55 bits per heavy atom. The normalized spacial score (nSPS) is 12.1. The Bertz CT molecular complexity index is 1360. The third-order valence-corrected chi connectivity index (χ3v) is 7.28. The van der Waals surface area contributed by atoms with E-state index in [-0.39, 0.29) is 24.2 Å². The number of hydrogen-bond donors (Lipinski definition) is 1. The average Bonchev–Trinajstić information content (AvgIpc) is 2.91. The lowest BCUT2D eigenvalue weighted by molar-refractivity contribution is -0.140. The molecule has 3 rings (SSSR count). The fraction of sp³-hybridized carbons (Fsp3) is 0.333. The summed E-state index contributed by atoms with van der Waals surface area (Å²) >= 11 is 0. The average molecular weight is 570 g/mol. The van der Waals surface area contributed by atoms with Crippen LogP contribution in [0.5, 0.6) is 5.75 Å². The van der Waals surface area contributed by atoms with E-state index in [2.05, 4.69) is 5.32 Å². The van der Waals surface area contributed by atoms with E-state index in [1.807, 2.05) is 44.2 Å².